The minimum Gasteiger partial charge on any atom is -0.496 e. The van der Waals surface area contributed by atoms with Crippen LogP contribution in [0.4, 0.5) is 10.5 Å². The molecule has 2 rings (SSSR count). The number of amides is 1. The van der Waals surface area contributed by atoms with E-state index < -0.39 is 17.7 Å². The molecule has 2 aromatic rings. The lowest BCUT2D eigenvalue weighted by Gasteiger charge is -2.20. The van der Waals surface area contributed by atoms with E-state index in [0.717, 1.165) is 0 Å². The van der Waals surface area contributed by atoms with Gasteiger partial charge in [-0.15, -0.1) is 0 Å². The van der Waals surface area contributed by atoms with Gasteiger partial charge in [0.1, 0.15) is 17.0 Å². The predicted octanol–water partition coefficient (Wildman–Crippen LogP) is 3.40. The number of methoxy groups -OCH3 is 1. The molecule has 0 atom stereocenters. The lowest BCUT2D eigenvalue weighted by Crippen LogP contribution is -2.27. The summed E-state index contributed by atoms with van der Waals surface area (Å²) in [6.07, 6.45) is -0.591. The fraction of sp³-hybridized carbons (Fsp3) is 0.312. The van der Waals surface area contributed by atoms with Crippen LogP contribution < -0.4 is 10.1 Å². The number of carbonyl (C=O) groups excluding carboxylic acids is 1. The van der Waals surface area contributed by atoms with Crippen LogP contribution in [0.1, 0.15) is 31.3 Å². The van der Waals surface area contributed by atoms with Gasteiger partial charge < -0.3 is 19.1 Å². The van der Waals surface area contributed by atoms with E-state index in [2.05, 4.69) is 10.5 Å². The lowest BCUT2D eigenvalue weighted by molar-refractivity contribution is 0.0630. The SMILES string of the molecule is COc1cc(NC(=O)OC(C)(C)C)ccc1-c1cc(C(=O)O)on1. The van der Waals surface area contributed by atoms with Gasteiger partial charge in [0.15, 0.2) is 0 Å². The standard InChI is InChI=1S/C16H18N2O6/c1-16(2,3)23-15(21)17-9-5-6-10(12(7-9)22-4)11-8-13(14(19)20)24-18-11/h5-8H,1-4H3,(H,17,21)(H,19,20). The number of hydrogen-bond acceptors (Lipinski definition) is 6. The first-order valence-corrected chi connectivity index (χ1v) is 7.08. The summed E-state index contributed by atoms with van der Waals surface area (Å²) in [5.41, 5.74) is 0.700. The van der Waals surface area contributed by atoms with Crippen LogP contribution in [0.2, 0.25) is 0 Å². The molecule has 1 aromatic heterocycles. The summed E-state index contributed by atoms with van der Waals surface area (Å²) < 4.78 is 15.2. The third-order valence-corrected chi connectivity index (χ3v) is 2.84. The number of aromatic nitrogens is 1. The molecular weight excluding hydrogens is 316 g/mol. The number of benzene rings is 1. The van der Waals surface area contributed by atoms with Gasteiger partial charge >= 0.3 is 12.1 Å². The van der Waals surface area contributed by atoms with E-state index in [0.29, 0.717) is 22.7 Å². The third-order valence-electron chi connectivity index (χ3n) is 2.84. The molecule has 2 N–H and O–H groups in total. The van der Waals surface area contributed by atoms with Crippen molar-refractivity contribution in [3.8, 4) is 17.0 Å². The number of nitrogens with one attached hydrogen (secondary N) is 1. The van der Waals surface area contributed by atoms with Gasteiger partial charge in [-0.1, -0.05) is 5.16 Å². The van der Waals surface area contributed by atoms with Gasteiger partial charge in [-0.25, -0.2) is 9.59 Å². The second-order valence-corrected chi connectivity index (χ2v) is 5.92. The Bertz CT molecular complexity index is 760. The number of hydrogen-bond donors (Lipinski definition) is 2. The number of nitrogens with zero attached hydrogens (tertiary/aromatic N) is 1. The average Bonchev–Trinajstić information content (AvgIpc) is 2.94. The molecule has 1 heterocycles. The molecule has 0 aliphatic heterocycles. The molecule has 0 fully saturated rings. The Hall–Kier alpha value is -3.03. The highest BCUT2D eigenvalue weighted by molar-refractivity contribution is 5.88. The molecule has 0 saturated carbocycles. The number of anilines is 1. The molecule has 0 unspecified atom stereocenters. The van der Waals surface area contributed by atoms with Crippen molar-refractivity contribution >= 4 is 17.7 Å². The van der Waals surface area contributed by atoms with Crippen molar-refractivity contribution in [1.82, 2.24) is 5.16 Å². The van der Waals surface area contributed by atoms with E-state index in [1.165, 1.54) is 13.2 Å². The van der Waals surface area contributed by atoms with E-state index in [1.807, 2.05) is 0 Å². The minimum absolute atomic E-state index is 0.275. The zero-order valence-electron chi connectivity index (χ0n) is 13.7. The fourth-order valence-electron chi connectivity index (χ4n) is 1.90. The van der Waals surface area contributed by atoms with Crippen molar-refractivity contribution in [1.29, 1.82) is 0 Å². The van der Waals surface area contributed by atoms with E-state index in [4.69, 9.17) is 19.1 Å². The molecule has 0 spiro atoms. The highest BCUT2D eigenvalue weighted by Gasteiger charge is 2.18. The van der Waals surface area contributed by atoms with E-state index in [1.54, 1.807) is 39.0 Å². The Morgan fingerprint density at radius 1 is 1.25 bits per heavy atom. The van der Waals surface area contributed by atoms with Crippen LogP contribution >= 0.6 is 0 Å². The van der Waals surface area contributed by atoms with Crippen molar-refractivity contribution in [2.45, 2.75) is 26.4 Å². The molecular formula is C16H18N2O6. The summed E-state index contributed by atoms with van der Waals surface area (Å²) in [6, 6.07) is 6.13. The van der Waals surface area contributed by atoms with Crippen LogP contribution in [0.25, 0.3) is 11.3 Å². The first-order valence-electron chi connectivity index (χ1n) is 7.08. The lowest BCUT2D eigenvalue weighted by atomic mass is 10.1. The molecule has 0 radical (unpaired) electrons. The van der Waals surface area contributed by atoms with Gasteiger partial charge in [0.25, 0.3) is 0 Å². The highest BCUT2D eigenvalue weighted by Crippen LogP contribution is 2.32. The molecule has 8 nitrogen and oxygen atoms in total. The van der Waals surface area contributed by atoms with Crippen LogP contribution in [0.15, 0.2) is 28.8 Å². The Labute approximate surface area is 138 Å². The molecule has 8 heteroatoms. The summed E-state index contributed by atoms with van der Waals surface area (Å²) >= 11 is 0. The average molecular weight is 334 g/mol. The van der Waals surface area contributed by atoms with Crippen LogP contribution in [0, 0.1) is 0 Å². The maximum absolute atomic E-state index is 11.8. The molecule has 0 saturated heterocycles. The first-order chi connectivity index (χ1) is 11.2. The van der Waals surface area contributed by atoms with Gasteiger partial charge in [0.05, 0.1) is 7.11 Å². The third kappa shape index (κ3) is 4.25. The molecule has 1 aromatic carbocycles. The molecule has 0 aliphatic rings. The van der Waals surface area contributed by atoms with Crippen LogP contribution in [-0.2, 0) is 4.74 Å². The summed E-state index contributed by atoms with van der Waals surface area (Å²) in [5.74, 6) is -1.09. The van der Waals surface area contributed by atoms with E-state index >= 15 is 0 Å². The Morgan fingerprint density at radius 3 is 2.50 bits per heavy atom. The zero-order chi connectivity index (χ0) is 17.9. The number of aromatic carboxylic acids is 1. The van der Waals surface area contributed by atoms with Gasteiger partial charge in [-0.05, 0) is 32.9 Å². The molecule has 1 amide bonds. The van der Waals surface area contributed by atoms with Gasteiger partial charge in [-0.2, -0.15) is 0 Å². The van der Waals surface area contributed by atoms with Crippen molar-refractivity contribution in [3.05, 3.63) is 30.0 Å². The van der Waals surface area contributed by atoms with Crippen LogP contribution in [-0.4, -0.2) is 35.0 Å². The number of carbonyl (C=O) groups is 2. The summed E-state index contributed by atoms with van der Waals surface area (Å²) in [6.45, 7) is 5.29. The number of ether oxygens (including phenoxy) is 2. The van der Waals surface area contributed by atoms with E-state index in [-0.39, 0.29) is 5.76 Å². The first kappa shape index (κ1) is 17.3. The second-order valence-electron chi connectivity index (χ2n) is 5.92. The molecule has 128 valence electrons. The molecule has 0 bridgehead atoms. The van der Waals surface area contributed by atoms with Crippen molar-refractivity contribution < 1.29 is 28.7 Å². The van der Waals surface area contributed by atoms with Crippen molar-refractivity contribution in [3.63, 3.8) is 0 Å². The fourth-order valence-corrected chi connectivity index (χ4v) is 1.90. The topological polar surface area (TPSA) is 111 Å². The van der Waals surface area contributed by atoms with Crippen LogP contribution in [0.5, 0.6) is 5.75 Å². The van der Waals surface area contributed by atoms with Crippen molar-refractivity contribution in [2.75, 3.05) is 12.4 Å². The van der Waals surface area contributed by atoms with Gasteiger partial charge in [0.2, 0.25) is 5.76 Å². The van der Waals surface area contributed by atoms with Gasteiger partial charge in [-0.3, -0.25) is 5.32 Å². The van der Waals surface area contributed by atoms with Crippen LogP contribution in [0.3, 0.4) is 0 Å². The largest absolute Gasteiger partial charge is 0.496 e. The summed E-state index contributed by atoms with van der Waals surface area (Å²) in [4.78, 5) is 22.7. The zero-order valence-corrected chi connectivity index (χ0v) is 13.7. The van der Waals surface area contributed by atoms with Crippen molar-refractivity contribution in [2.24, 2.45) is 0 Å². The second kappa shape index (κ2) is 6.61. The summed E-state index contributed by atoms with van der Waals surface area (Å²) in [7, 11) is 1.45. The molecule has 24 heavy (non-hydrogen) atoms. The van der Waals surface area contributed by atoms with Gasteiger partial charge in [0, 0.05) is 23.4 Å². The Balaban J connectivity index is 2.24. The Morgan fingerprint density at radius 2 is 1.96 bits per heavy atom. The smallest absolute Gasteiger partial charge is 0.412 e. The maximum Gasteiger partial charge on any atom is 0.412 e. The minimum atomic E-state index is -1.21. The normalized spacial score (nSPS) is 11.0. The monoisotopic (exact) mass is 334 g/mol. The predicted molar refractivity (Wildman–Crippen MR) is 85.3 cm³/mol. The highest BCUT2D eigenvalue weighted by atomic mass is 16.6. The molecule has 0 aliphatic carbocycles. The Kier molecular flexibility index (Phi) is 4.77. The van der Waals surface area contributed by atoms with E-state index in [9.17, 15) is 9.59 Å². The number of carboxylic acids is 1. The number of carboxylic acid groups (broad SMARTS) is 1. The maximum atomic E-state index is 11.8. The number of rotatable bonds is 4. The quantitative estimate of drug-likeness (QED) is 0.881. The summed E-state index contributed by atoms with van der Waals surface area (Å²) in [5, 5.41) is 15.2.